The quantitative estimate of drug-likeness (QED) is 0.768. The first-order valence-corrected chi connectivity index (χ1v) is 7.49. The summed E-state index contributed by atoms with van der Waals surface area (Å²) in [4.78, 5) is 3.67. The van der Waals surface area contributed by atoms with Gasteiger partial charge >= 0.3 is 0 Å². The number of nitrogens with two attached hydrogens (primary N) is 1. The van der Waals surface area contributed by atoms with Crippen molar-refractivity contribution in [2.75, 3.05) is 39.0 Å². The van der Waals surface area contributed by atoms with Crippen LogP contribution in [0.25, 0.3) is 0 Å². The third-order valence-electron chi connectivity index (χ3n) is 3.13. The first-order valence-electron chi connectivity index (χ1n) is 6.00. The topological polar surface area (TPSA) is 78.7 Å². The maximum atomic E-state index is 13.8. The van der Waals surface area contributed by atoms with Crippen LogP contribution in [0.2, 0.25) is 0 Å². The van der Waals surface area contributed by atoms with E-state index in [9.17, 15) is 17.2 Å². The molecule has 0 spiro atoms. The molecule has 20 heavy (non-hydrogen) atoms. The lowest BCUT2D eigenvalue weighted by Gasteiger charge is -2.32. The molecular formula is C11H16F2N4O2S. The number of sulfonamides is 1. The van der Waals surface area contributed by atoms with Crippen molar-refractivity contribution in [2.24, 2.45) is 0 Å². The average Bonchev–Trinajstić information content (AvgIpc) is 2.38. The Morgan fingerprint density at radius 3 is 2.40 bits per heavy atom. The summed E-state index contributed by atoms with van der Waals surface area (Å²) >= 11 is 0. The maximum absolute atomic E-state index is 13.8. The average molecular weight is 306 g/mol. The number of nitrogens with one attached hydrogen (secondary N) is 1. The molecule has 0 unspecified atom stereocenters. The van der Waals surface area contributed by atoms with Gasteiger partial charge in [-0.15, -0.1) is 4.83 Å². The van der Waals surface area contributed by atoms with E-state index in [2.05, 4.69) is 4.83 Å². The molecule has 0 radical (unpaired) electrons. The molecule has 3 N–H and O–H groups in total. The fraction of sp³-hybridized carbons (Fsp3) is 0.455. The van der Waals surface area contributed by atoms with Crippen molar-refractivity contribution < 1.29 is 17.2 Å². The molecular weight excluding hydrogens is 290 g/mol. The van der Waals surface area contributed by atoms with Gasteiger partial charge in [-0.2, -0.15) is 0 Å². The van der Waals surface area contributed by atoms with Crippen LogP contribution in [-0.4, -0.2) is 51.6 Å². The number of hydrogen-bond donors (Lipinski definition) is 2. The minimum atomic E-state index is -4.11. The van der Waals surface area contributed by atoms with Crippen molar-refractivity contribution in [1.82, 2.24) is 14.7 Å². The van der Waals surface area contributed by atoms with Crippen LogP contribution >= 0.6 is 0 Å². The summed E-state index contributed by atoms with van der Waals surface area (Å²) in [6, 6.07) is 1.69. The summed E-state index contributed by atoms with van der Waals surface area (Å²) in [6.45, 7) is 2.34. The normalized spacial score (nSPS) is 18.4. The van der Waals surface area contributed by atoms with E-state index < -0.39 is 32.2 Å². The minimum Gasteiger partial charge on any atom is -0.394 e. The van der Waals surface area contributed by atoms with E-state index in [4.69, 9.17) is 5.73 Å². The number of hydrazine groups is 1. The second kappa shape index (κ2) is 5.60. The summed E-state index contributed by atoms with van der Waals surface area (Å²) in [5.74, 6) is -2.26. The van der Waals surface area contributed by atoms with Crippen LogP contribution in [0.1, 0.15) is 0 Å². The zero-order valence-corrected chi connectivity index (χ0v) is 11.8. The second-order valence-electron chi connectivity index (χ2n) is 4.66. The Bertz CT molecular complexity index is 601. The molecule has 1 aromatic rings. The number of likely N-dealkylation sites (N-methyl/N-ethyl adjacent to an activating group) is 1. The Labute approximate surface area is 116 Å². The van der Waals surface area contributed by atoms with Gasteiger partial charge in [0.1, 0.15) is 16.4 Å². The first kappa shape index (κ1) is 15.1. The minimum absolute atomic E-state index is 0.480. The first-order chi connectivity index (χ1) is 9.31. The van der Waals surface area contributed by atoms with Gasteiger partial charge in [-0.25, -0.2) is 22.2 Å². The molecule has 0 bridgehead atoms. The zero-order valence-electron chi connectivity index (χ0n) is 10.9. The predicted octanol–water partition coefficient (Wildman–Crippen LogP) is -0.0123. The SMILES string of the molecule is CN1CCN(NS(=O)(=O)c2ccc(F)c(N)c2F)CC1. The third kappa shape index (κ3) is 3.06. The number of benzene rings is 1. The highest BCUT2D eigenvalue weighted by atomic mass is 32.2. The van der Waals surface area contributed by atoms with Crippen LogP contribution in [0.15, 0.2) is 17.0 Å². The largest absolute Gasteiger partial charge is 0.394 e. The van der Waals surface area contributed by atoms with Gasteiger partial charge in [0, 0.05) is 26.2 Å². The summed E-state index contributed by atoms with van der Waals surface area (Å²) < 4.78 is 51.0. The molecule has 1 saturated heterocycles. The molecule has 1 aromatic carbocycles. The molecule has 1 fully saturated rings. The molecule has 1 aliphatic heterocycles. The van der Waals surface area contributed by atoms with Gasteiger partial charge in [-0.3, -0.25) is 0 Å². The van der Waals surface area contributed by atoms with E-state index in [0.29, 0.717) is 26.2 Å². The second-order valence-corrected chi connectivity index (χ2v) is 6.29. The number of halogens is 2. The van der Waals surface area contributed by atoms with Crippen molar-refractivity contribution in [2.45, 2.75) is 4.90 Å². The Hall–Kier alpha value is -1.29. The lowest BCUT2D eigenvalue weighted by molar-refractivity contribution is 0.134. The number of piperazine rings is 1. The van der Waals surface area contributed by atoms with Gasteiger partial charge < -0.3 is 10.6 Å². The monoisotopic (exact) mass is 306 g/mol. The number of anilines is 1. The summed E-state index contributed by atoms with van der Waals surface area (Å²) in [5, 5.41) is 1.48. The Morgan fingerprint density at radius 1 is 1.20 bits per heavy atom. The molecule has 9 heteroatoms. The highest BCUT2D eigenvalue weighted by Crippen LogP contribution is 2.22. The van der Waals surface area contributed by atoms with Crippen molar-refractivity contribution in [3.63, 3.8) is 0 Å². The fourth-order valence-corrected chi connectivity index (χ4v) is 3.09. The van der Waals surface area contributed by atoms with E-state index in [-0.39, 0.29) is 0 Å². The standard InChI is InChI=1S/C11H16F2N4O2S/c1-16-4-6-17(7-5-16)15-20(18,19)9-3-2-8(12)11(14)10(9)13/h2-3,15H,4-7,14H2,1H3. The zero-order chi connectivity index (χ0) is 14.9. The Balaban J connectivity index is 2.21. The van der Waals surface area contributed by atoms with Gasteiger partial charge in [0.15, 0.2) is 5.82 Å². The fourth-order valence-electron chi connectivity index (χ4n) is 1.87. The van der Waals surface area contributed by atoms with Crippen LogP contribution in [-0.2, 0) is 10.0 Å². The molecule has 0 saturated carbocycles. The number of nitrogen functional groups attached to an aromatic ring is 1. The van der Waals surface area contributed by atoms with Crippen LogP contribution in [0.5, 0.6) is 0 Å². The van der Waals surface area contributed by atoms with Crippen LogP contribution < -0.4 is 10.6 Å². The maximum Gasteiger partial charge on any atom is 0.256 e. The number of nitrogens with zero attached hydrogens (tertiary/aromatic N) is 2. The van der Waals surface area contributed by atoms with E-state index in [1.54, 1.807) is 0 Å². The molecule has 0 aromatic heterocycles. The lowest BCUT2D eigenvalue weighted by atomic mass is 10.3. The molecule has 6 nitrogen and oxygen atoms in total. The highest BCUT2D eigenvalue weighted by Gasteiger charge is 2.26. The third-order valence-corrected chi connectivity index (χ3v) is 4.53. The molecule has 1 aliphatic rings. The van der Waals surface area contributed by atoms with Crippen molar-refractivity contribution in [3.8, 4) is 0 Å². The van der Waals surface area contributed by atoms with Crippen LogP contribution in [0, 0.1) is 11.6 Å². The van der Waals surface area contributed by atoms with Crippen LogP contribution in [0.4, 0.5) is 14.5 Å². The van der Waals surface area contributed by atoms with E-state index >= 15 is 0 Å². The van der Waals surface area contributed by atoms with E-state index in [0.717, 1.165) is 12.1 Å². The Kier molecular flexibility index (Phi) is 4.23. The number of rotatable bonds is 3. The lowest BCUT2D eigenvalue weighted by Crippen LogP contribution is -2.52. The molecule has 0 aliphatic carbocycles. The van der Waals surface area contributed by atoms with Gasteiger partial charge in [0.05, 0.1) is 0 Å². The summed E-state index contributed by atoms with van der Waals surface area (Å²) in [7, 11) is -2.19. The summed E-state index contributed by atoms with van der Waals surface area (Å²) in [6.07, 6.45) is 0. The summed E-state index contributed by atoms with van der Waals surface area (Å²) in [5.41, 5.74) is 4.37. The smallest absolute Gasteiger partial charge is 0.256 e. The Morgan fingerprint density at radius 2 is 1.80 bits per heavy atom. The molecule has 112 valence electrons. The molecule has 2 rings (SSSR count). The highest BCUT2D eigenvalue weighted by molar-refractivity contribution is 7.89. The number of hydrogen-bond acceptors (Lipinski definition) is 5. The van der Waals surface area contributed by atoms with Crippen molar-refractivity contribution in [3.05, 3.63) is 23.8 Å². The molecule has 0 atom stereocenters. The van der Waals surface area contributed by atoms with Gasteiger partial charge in [-0.05, 0) is 19.2 Å². The van der Waals surface area contributed by atoms with Crippen molar-refractivity contribution >= 4 is 15.7 Å². The van der Waals surface area contributed by atoms with E-state index in [1.807, 2.05) is 11.9 Å². The van der Waals surface area contributed by atoms with E-state index in [1.165, 1.54) is 5.01 Å². The van der Waals surface area contributed by atoms with Gasteiger partial charge in [0.25, 0.3) is 10.0 Å². The molecule has 1 heterocycles. The van der Waals surface area contributed by atoms with Gasteiger partial charge in [-0.1, -0.05) is 0 Å². The predicted molar refractivity (Wildman–Crippen MR) is 70.2 cm³/mol. The molecule has 0 amide bonds. The van der Waals surface area contributed by atoms with Gasteiger partial charge in [0.2, 0.25) is 0 Å². The van der Waals surface area contributed by atoms with Crippen LogP contribution in [0.3, 0.4) is 0 Å². The van der Waals surface area contributed by atoms with Crippen molar-refractivity contribution in [1.29, 1.82) is 0 Å².